The van der Waals surface area contributed by atoms with Crippen molar-refractivity contribution in [3.05, 3.63) is 28.8 Å². The third-order valence-electron chi connectivity index (χ3n) is 3.01. The molecule has 17 heavy (non-hydrogen) atoms. The van der Waals surface area contributed by atoms with Gasteiger partial charge in [-0.05, 0) is 43.7 Å². The molecule has 0 unspecified atom stereocenters. The predicted molar refractivity (Wildman–Crippen MR) is 80.4 cm³/mol. The molecule has 0 aliphatic rings. The SMILES string of the molecule is CCCCc1cc(C)cc(CCCC)c1O.S. The Morgan fingerprint density at radius 1 is 0.941 bits per heavy atom. The quantitative estimate of drug-likeness (QED) is 0.792. The van der Waals surface area contributed by atoms with Crippen LogP contribution in [0.1, 0.15) is 56.2 Å². The van der Waals surface area contributed by atoms with Crippen LogP contribution in [0.15, 0.2) is 12.1 Å². The Hall–Kier alpha value is -0.630. The molecule has 0 radical (unpaired) electrons. The van der Waals surface area contributed by atoms with Crippen LogP contribution in [0, 0.1) is 6.92 Å². The normalized spacial score (nSPS) is 10.1. The molecule has 1 nitrogen and oxygen atoms in total. The van der Waals surface area contributed by atoms with Crippen LogP contribution in [0.3, 0.4) is 0 Å². The minimum Gasteiger partial charge on any atom is -0.507 e. The van der Waals surface area contributed by atoms with Gasteiger partial charge in [0.05, 0.1) is 0 Å². The van der Waals surface area contributed by atoms with E-state index in [1.165, 1.54) is 18.4 Å². The Labute approximate surface area is 113 Å². The molecule has 0 saturated heterocycles. The average Bonchev–Trinajstić information content (AvgIpc) is 2.28. The van der Waals surface area contributed by atoms with Crippen LogP contribution in [0.4, 0.5) is 0 Å². The van der Waals surface area contributed by atoms with Crippen molar-refractivity contribution in [1.82, 2.24) is 0 Å². The van der Waals surface area contributed by atoms with Gasteiger partial charge < -0.3 is 5.11 Å². The van der Waals surface area contributed by atoms with Gasteiger partial charge in [0.2, 0.25) is 0 Å². The summed E-state index contributed by atoms with van der Waals surface area (Å²) in [5, 5.41) is 10.2. The summed E-state index contributed by atoms with van der Waals surface area (Å²) in [6.45, 7) is 6.49. The monoisotopic (exact) mass is 254 g/mol. The largest absolute Gasteiger partial charge is 0.507 e. The van der Waals surface area contributed by atoms with Crippen molar-refractivity contribution in [2.75, 3.05) is 0 Å². The molecule has 2 heteroatoms. The Kier molecular flexibility index (Phi) is 8.15. The van der Waals surface area contributed by atoms with E-state index in [0.29, 0.717) is 5.75 Å². The number of aromatic hydroxyl groups is 1. The molecule has 98 valence electrons. The van der Waals surface area contributed by atoms with Gasteiger partial charge in [0.25, 0.3) is 0 Å². The number of rotatable bonds is 6. The Bertz CT molecular complexity index is 305. The van der Waals surface area contributed by atoms with Crippen LogP contribution < -0.4 is 0 Å². The molecule has 1 aromatic carbocycles. The Balaban J connectivity index is 0.00000256. The van der Waals surface area contributed by atoms with Gasteiger partial charge in [-0.3, -0.25) is 0 Å². The summed E-state index contributed by atoms with van der Waals surface area (Å²) >= 11 is 0. The molecule has 0 bridgehead atoms. The van der Waals surface area contributed by atoms with Crippen LogP contribution in [-0.4, -0.2) is 5.11 Å². The third kappa shape index (κ3) is 5.03. The summed E-state index contributed by atoms with van der Waals surface area (Å²) in [5.41, 5.74) is 3.54. The van der Waals surface area contributed by atoms with Crippen molar-refractivity contribution < 1.29 is 5.11 Å². The van der Waals surface area contributed by atoms with E-state index in [4.69, 9.17) is 0 Å². The number of unbranched alkanes of at least 4 members (excludes halogenated alkanes) is 2. The van der Waals surface area contributed by atoms with Crippen molar-refractivity contribution in [1.29, 1.82) is 0 Å². The van der Waals surface area contributed by atoms with Gasteiger partial charge in [0.1, 0.15) is 5.75 Å². The van der Waals surface area contributed by atoms with Crippen LogP contribution >= 0.6 is 13.5 Å². The van der Waals surface area contributed by atoms with E-state index in [9.17, 15) is 5.11 Å². The second kappa shape index (κ2) is 8.46. The summed E-state index contributed by atoms with van der Waals surface area (Å²) in [4.78, 5) is 0. The maximum atomic E-state index is 10.2. The van der Waals surface area contributed by atoms with Crippen molar-refractivity contribution in [3.8, 4) is 5.75 Å². The molecule has 1 aromatic rings. The molecule has 0 amide bonds. The standard InChI is InChI=1S/C15H24O.H2S/c1-4-6-8-13-10-12(3)11-14(15(13)16)9-7-5-2;/h10-11,16H,4-9H2,1-3H3;1H2. The van der Waals surface area contributed by atoms with Crippen molar-refractivity contribution in [2.45, 2.75) is 59.3 Å². The predicted octanol–water partition coefficient (Wildman–Crippen LogP) is 4.50. The lowest BCUT2D eigenvalue weighted by Gasteiger charge is -2.11. The van der Waals surface area contributed by atoms with Gasteiger partial charge in [0, 0.05) is 0 Å². The summed E-state index contributed by atoms with van der Waals surface area (Å²) in [6, 6.07) is 4.25. The fourth-order valence-electron chi connectivity index (χ4n) is 2.05. The van der Waals surface area contributed by atoms with Crippen molar-refractivity contribution in [3.63, 3.8) is 0 Å². The fourth-order valence-corrected chi connectivity index (χ4v) is 2.05. The molecule has 0 spiro atoms. The highest BCUT2D eigenvalue weighted by molar-refractivity contribution is 7.59. The molecular formula is C15H26OS. The van der Waals surface area contributed by atoms with Gasteiger partial charge in [-0.15, -0.1) is 0 Å². The first-order chi connectivity index (χ1) is 7.69. The Morgan fingerprint density at radius 3 is 1.71 bits per heavy atom. The van der Waals surface area contributed by atoms with Crippen LogP contribution in [0.5, 0.6) is 5.75 Å². The van der Waals surface area contributed by atoms with Gasteiger partial charge in [-0.1, -0.05) is 44.4 Å². The maximum Gasteiger partial charge on any atom is 0.121 e. The van der Waals surface area contributed by atoms with E-state index in [1.54, 1.807) is 0 Å². The van der Waals surface area contributed by atoms with Crippen LogP contribution in [-0.2, 0) is 12.8 Å². The van der Waals surface area contributed by atoms with Crippen LogP contribution in [0.25, 0.3) is 0 Å². The highest BCUT2D eigenvalue weighted by Gasteiger charge is 2.07. The van der Waals surface area contributed by atoms with Crippen molar-refractivity contribution in [2.24, 2.45) is 0 Å². The van der Waals surface area contributed by atoms with E-state index in [0.717, 1.165) is 36.8 Å². The number of benzene rings is 1. The molecule has 0 atom stereocenters. The van der Waals surface area contributed by atoms with Crippen molar-refractivity contribution >= 4 is 13.5 Å². The zero-order chi connectivity index (χ0) is 12.0. The summed E-state index contributed by atoms with van der Waals surface area (Å²) < 4.78 is 0. The molecule has 0 aliphatic carbocycles. The van der Waals surface area contributed by atoms with E-state index < -0.39 is 0 Å². The molecular weight excluding hydrogens is 228 g/mol. The number of phenolic OH excluding ortho intramolecular Hbond substituents is 1. The summed E-state index contributed by atoms with van der Waals surface area (Å²) in [5.74, 6) is 0.549. The van der Waals surface area contributed by atoms with E-state index in [-0.39, 0.29) is 13.5 Å². The molecule has 0 fully saturated rings. The molecule has 0 aliphatic heterocycles. The van der Waals surface area contributed by atoms with Gasteiger partial charge >= 0.3 is 0 Å². The first-order valence-electron chi connectivity index (χ1n) is 6.50. The molecule has 0 heterocycles. The molecule has 0 saturated carbocycles. The topological polar surface area (TPSA) is 20.2 Å². The number of phenols is 1. The lowest BCUT2D eigenvalue weighted by Crippen LogP contribution is -1.94. The minimum atomic E-state index is 0. The zero-order valence-electron chi connectivity index (χ0n) is 11.3. The van der Waals surface area contributed by atoms with Gasteiger partial charge in [-0.25, -0.2) is 0 Å². The Morgan fingerprint density at radius 2 is 1.35 bits per heavy atom. The highest BCUT2D eigenvalue weighted by atomic mass is 32.1. The zero-order valence-corrected chi connectivity index (χ0v) is 12.3. The first kappa shape index (κ1) is 16.4. The lowest BCUT2D eigenvalue weighted by atomic mass is 9.97. The third-order valence-corrected chi connectivity index (χ3v) is 3.01. The number of aryl methyl sites for hydroxylation is 3. The molecule has 1 rings (SSSR count). The number of hydrogen-bond donors (Lipinski definition) is 1. The molecule has 0 aromatic heterocycles. The summed E-state index contributed by atoms with van der Waals surface area (Å²) in [7, 11) is 0. The second-order valence-electron chi connectivity index (χ2n) is 4.64. The maximum absolute atomic E-state index is 10.2. The second-order valence-corrected chi connectivity index (χ2v) is 4.64. The highest BCUT2D eigenvalue weighted by Crippen LogP contribution is 2.27. The van der Waals surface area contributed by atoms with Gasteiger partial charge in [-0.2, -0.15) is 13.5 Å². The lowest BCUT2D eigenvalue weighted by molar-refractivity contribution is 0.458. The fraction of sp³-hybridized carbons (Fsp3) is 0.600. The summed E-state index contributed by atoms with van der Waals surface area (Å²) in [6.07, 6.45) is 6.68. The smallest absolute Gasteiger partial charge is 0.121 e. The van der Waals surface area contributed by atoms with E-state index >= 15 is 0 Å². The number of hydrogen-bond acceptors (Lipinski definition) is 1. The van der Waals surface area contributed by atoms with E-state index in [2.05, 4.69) is 32.9 Å². The minimum absolute atomic E-state index is 0. The average molecular weight is 254 g/mol. The molecule has 1 N–H and O–H groups in total. The van der Waals surface area contributed by atoms with E-state index in [1.807, 2.05) is 0 Å². The first-order valence-corrected chi connectivity index (χ1v) is 6.50. The van der Waals surface area contributed by atoms with Gasteiger partial charge in [0.15, 0.2) is 0 Å². The van der Waals surface area contributed by atoms with Crippen LogP contribution in [0.2, 0.25) is 0 Å².